The fraction of sp³-hybridized carbons (Fsp3) is 0.500. The smallest absolute Gasteiger partial charge is 0.224 e. The first-order valence-corrected chi connectivity index (χ1v) is 7.91. The van der Waals surface area contributed by atoms with Crippen LogP contribution in [0.2, 0.25) is 10.0 Å². The molecule has 0 saturated heterocycles. The molecule has 5 heteroatoms. The van der Waals surface area contributed by atoms with Gasteiger partial charge in [0.15, 0.2) is 0 Å². The summed E-state index contributed by atoms with van der Waals surface area (Å²) in [6, 6.07) is 7.25. The summed E-state index contributed by atoms with van der Waals surface area (Å²) in [5.74, 6) is -0.486. The van der Waals surface area contributed by atoms with Crippen LogP contribution in [0.1, 0.15) is 44.6 Å². The highest BCUT2D eigenvalue weighted by Crippen LogP contribution is 2.28. The van der Waals surface area contributed by atoms with E-state index in [0.717, 1.165) is 31.5 Å². The molecular weight excluding hydrogens is 307 g/mol. The third kappa shape index (κ3) is 5.22. The van der Waals surface area contributed by atoms with E-state index in [1.807, 2.05) is 18.7 Å². The van der Waals surface area contributed by atoms with Gasteiger partial charge in [-0.1, -0.05) is 43.1 Å². The van der Waals surface area contributed by atoms with Crippen LogP contribution in [-0.2, 0) is 4.79 Å². The molecule has 0 fully saturated rings. The number of rotatable bonds is 7. The maximum absolute atomic E-state index is 12.3. The van der Waals surface area contributed by atoms with Crippen LogP contribution in [-0.4, -0.2) is 23.9 Å². The first-order chi connectivity index (χ1) is 10.0. The Morgan fingerprint density at radius 3 is 2.33 bits per heavy atom. The fourth-order valence-electron chi connectivity index (χ4n) is 2.17. The Kier molecular flexibility index (Phi) is 7.56. The highest BCUT2D eigenvalue weighted by molar-refractivity contribution is 6.42. The Hall–Kier alpha value is -1.24. The fourth-order valence-corrected chi connectivity index (χ4v) is 2.48. The average Bonchev–Trinajstić information content (AvgIpc) is 2.47. The maximum atomic E-state index is 12.3. The van der Waals surface area contributed by atoms with E-state index in [-0.39, 0.29) is 12.3 Å². The summed E-state index contributed by atoms with van der Waals surface area (Å²) < 4.78 is 0. The Labute approximate surface area is 136 Å². The number of nitrogens with zero attached hydrogens (tertiary/aromatic N) is 2. The van der Waals surface area contributed by atoms with Crippen LogP contribution in [0.5, 0.6) is 0 Å². The summed E-state index contributed by atoms with van der Waals surface area (Å²) >= 11 is 11.9. The number of hydrogen-bond acceptors (Lipinski definition) is 2. The average molecular weight is 327 g/mol. The van der Waals surface area contributed by atoms with Crippen molar-refractivity contribution in [3.63, 3.8) is 0 Å². The SMILES string of the molecule is CCCN(CCC)C(=O)CC(C#N)c1ccc(Cl)c(Cl)c1. The van der Waals surface area contributed by atoms with Gasteiger partial charge in [0.2, 0.25) is 5.91 Å². The number of benzene rings is 1. The quantitative estimate of drug-likeness (QED) is 0.732. The summed E-state index contributed by atoms with van der Waals surface area (Å²) in [5.41, 5.74) is 0.730. The second-order valence-electron chi connectivity index (χ2n) is 4.94. The standard InChI is InChI=1S/C16H20Cl2N2O/c1-3-7-20(8-4-2)16(21)10-13(11-19)12-5-6-14(17)15(18)9-12/h5-6,9,13H,3-4,7-8,10H2,1-2H3. The van der Waals surface area contributed by atoms with Gasteiger partial charge in [-0.3, -0.25) is 4.79 Å². The summed E-state index contributed by atoms with van der Waals surface area (Å²) in [7, 11) is 0. The van der Waals surface area contributed by atoms with E-state index < -0.39 is 5.92 Å². The van der Waals surface area contributed by atoms with Crippen molar-refractivity contribution in [1.29, 1.82) is 5.26 Å². The van der Waals surface area contributed by atoms with E-state index in [0.29, 0.717) is 10.0 Å². The maximum Gasteiger partial charge on any atom is 0.224 e. The molecule has 0 bridgehead atoms. The molecule has 0 saturated carbocycles. The van der Waals surface area contributed by atoms with Crippen molar-refractivity contribution in [2.75, 3.05) is 13.1 Å². The van der Waals surface area contributed by atoms with Crippen molar-refractivity contribution in [1.82, 2.24) is 4.90 Å². The molecule has 1 atom stereocenters. The van der Waals surface area contributed by atoms with E-state index in [4.69, 9.17) is 23.2 Å². The van der Waals surface area contributed by atoms with Gasteiger partial charge in [-0.05, 0) is 30.5 Å². The lowest BCUT2D eigenvalue weighted by Gasteiger charge is -2.22. The molecule has 0 aliphatic carbocycles. The largest absolute Gasteiger partial charge is 0.343 e. The molecule has 0 heterocycles. The summed E-state index contributed by atoms with van der Waals surface area (Å²) in [6.07, 6.45) is 2.00. The molecule has 0 aliphatic rings. The zero-order valence-electron chi connectivity index (χ0n) is 12.4. The minimum Gasteiger partial charge on any atom is -0.343 e. The van der Waals surface area contributed by atoms with E-state index in [9.17, 15) is 10.1 Å². The molecule has 114 valence electrons. The molecule has 3 nitrogen and oxygen atoms in total. The van der Waals surface area contributed by atoms with Crippen molar-refractivity contribution >= 4 is 29.1 Å². The summed E-state index contributed by atoms with van der Waals surface area (Å²) in [4.78, 5) is 14.2. The molecule has 0 N–H and O–H groups in total. The minimum absolute atomic E-state index is 0.0105. The lowest BCUT2D eigenvalue weighted by molar-refractivity contribution is -0.131. The Morgan fingerprint density at radius 1 is 1.24 bits per heavy atom. The van der Waals surface area contributed by atoms with E-state index in [1.54, 1.807) is 18.2 Å². The van der Waals surface area contributed by atoms with Crippen LogP contribution < -0.4 is 0 Å². The molecule has 1 amide bonds. The molecule has 0 spiro atoms. The highest BCUT2D eigenvalue weighted by atomic mass is 35.5. The molecule has 1 unspecified atom stereocenters. The Balaban J connectivity index is 2.83. The number of amides is 1. The summed E-state index contributed by atoms with van der Waals surface area (Å²) in [5, 5.41) is 10.2. The normalized spacial score (nSPS) is 11.8. The zero-order chi connectivity index (χ0) is 15.8. The first-order valence-electron chi connectivity index (χ1n) is 7.15. The van der Waals surface area contributed by atoms with Crippen molar-refractivity contribution in [2.24, 2.45) is 0 Å². The van der Waals surface area contributed by atoms with Crippen LogP contribution in [0.25, 0.3) is 0 Å². The molecule has 1 rings (SSSR count). The monoisotopic (exact) mass is 326 g/mol. The molecule has 1 aromatic carbocycles. The van der Waals surface area contributed by atoms with Crippen LogP contribution in [0, 0.1) is 11.3 Å². The predicted octanol–water partition coefficient (Wildman–Crippen LogP) is 4.64. The molecule has 21 heavy (non-hydrogen) atoms. The van der Waals surface area contributed by atoms with Gasteiger partial charge in [-0.15, -0.1) is 0 Å². The van der Waals surface area contributed by atoms with Gasteiger partial charge in [0.1, 0.15) is 0 Å². The van der Waals surface area contributed by atoms with E-state index in [1.165, 1.54) is 0 Å². The van der Waals surface area contributed by atoms with Gasteiger partial charge in [-0.25, -0.2) is 0 Å². The van der Waals surface area contributed by atoms with Gasteiger partial charge in [0, 0.05) is 19.5 Å². The lowest BCUT2D eigenvalue weighted by atomic mass is 9.96. The first kappa shape index (κ1) is 17.8. The van der Waals surface area contributed by atoms with Gasteiger partial charge >= 0.3 is 0 Å². The second kappa shape index (κ2) is 8.92. The Morgan fingerprint density at radius 2 is 1.86 bits per heavy atom. The van der Waals surface area contributed by atoms with Gasteiger partial charge < -0.3 is 4.90 Å². The number of carbonyl (C=O) groups excluding carboxylic acids is 1. The minimum atomic E-state index is -0.497. The number of nitriles is 1. The number of halogens is 2. The predicted molar refractivity (Wildman–Crippen MR) is 86.6 cm³/mol. The third-order valence-corrected chi connectivity index (χ3v) is 3.96. The van der Waals surface area contributed by atoms with Crippen LogP contribution in [0.4, 0.5) is 0 Å². The zero-order valence-corrected chi connectivity index (χ0v) is 13.9. The lowest BCUT2D eigenvalue weighted by Crippen LogP contribution is -2.33. The second-order valence-corrected chi connectivity index (χ2v) is 5.75. The number of carbonyl (C=O) groups is 1. The van der Waals surface area contributed by atoms with E-state index >= 15 is 0 Å². The van der Waals surface area contributed by atoms with Gasteiger partial charge in [0.25, 0.3) is 0 Å². The van der Waals surface area contributed by atoms with E-state index in [2.05, 4.69) is 6.07 Å². The molecular formula is C16H20Cl2N2O. The molecule has 1 aromatic rings. The summed E-state index contributed by atoms with van der Waals surface area (Å²) in [6.45, 7) is 5.53. The van der Waals surface area contributed by atoms with Crippen LogP contribution in [0.3, 0.4) is 0 Å². The van der Waals surface area contributed by atoms with Gasteiger partial charge in [0.05, 0.1) is 22.0 Å². The molecule has 0 aromatic heterocycles. The van der Waals surface area contributed by atoms with Crippen molar-refractivity contribution in [2.45, 2.75) is 39.0 Å². The van der Waals surface area contributed by atoms with Crippen LogP contribution >= 0.6 is 23.2 Å². The Bertz CT molecular complexity index is 519. The van der Waals surface area contributed by atoms with Crippen LogP contribution in [0.15, 0.2) is 18.2 Å². The topological polar surface area (TPSA) is 44.1 Å². The molecule has 0 aliphatic heterocycles. The van der Waals surface area contributed by atoms with Crippen molar-refractivity contribution in [3.8, 4) is 6.07 Å². The van der Waals surface area contributed by atoms with Gasteiger partial charge in [-0.2, -0.15) is 5.26 Å². The van der Waals surface area contributed by atoms with Crippen molar-refractivity contribution < 1.29 is 4.79 Å². The van der Waals surface area contributed by atoms with Crippen molar-refractivity contribution in [3.05, 3.63) is 33.8 Å². The number of hydrogen-bond donors (Lipinski definition) is 0. The molecule has 0 radical (unpaired) electrons. The highest BCUT2D eigenvalue weighted by Gasteiger charge is 2.20. The third-order valence-electron chi connectivity index (χ3n) is 3.22.